The highest BCUT2D eigenvalue weighted by Gasteiger charge is 2.26. The highest BCUT2D eigenvalue weighted by Crippen LogP contribution is 2.31. The van der Waals surface area contributed by atoms with Gasteiger partial charge >= 0.3 is 0 Å². The second-order valence-electron chi connectivity index (χ2n) is 5.82. The first kappa shape index (κ1) is 15.5. The fourth-order valence-corrected chi connectivity index (χ4v) is 3.32. The molecule has 1 fully saturated rings. The molecule has 0 saturated carbocycles. The third kappa shape index (κ3) is 3.80. The van der Waals surface area contributed by atoms with Crippen LogP contribution in [0.1, 0.15) is 44.2 Å². The number of hydrogen-bond donors (Lipinski definition) is 1. The first-order valence-corrected chi connectivity index (χ1v) is 7.89. The molecule has 1 atom stereocenters. The normalized spacial score (nSPS) is 19.1. The maximum absolute atomic E-state index is 14.0. The summed E-state index contributed by atoms with van der Waals surface area (Å²) < 4.78 is 14.0. The summed E-state index contributed by atoms with van der Waals surface area (Å²) in [6.45, 7) is 5.46. The molecule has 2 nitrogen and oxygen atoms in total. The number of nitrogens with one attached hydrogen (secondary N) is 1. The van der Waals surface area contributed by atoms with E-state index in [1.807, 2.05) is 19.2 Å². The van der Waals surface area contributed by atoms with E-state index >= 15 is 0 Å². The van der Waals surface area contributed by atoms with Gasteiger partial charge in [0.25, 0.3) is 0 Å². The molecule has 0 aromatic heterocycles. The zero-order valence-electron chi connectivity index (χ0n) is 12.7. The maximum atomic E-state index is 14.0. The van der Waals surface area contributed by atoms with Crippen molar-refractivity contribution in [2.24, 2.45) is 5.92 Å². The topological polar surface area (TPSA) is 15.3 Å². The second-order valence-corrected chi connectivity index (χ2v) is 5.82. The van der Waals surface area contributed by atoms with Gasteiger partial charge in [0.05, 0.1) is 0 Å². The Morgan fingerprint density at radius 3 is 2.60 bits per heavy atom. The summed E-state index contributed by atoms with van der Waals surface area (Å²) in [7, 11) is 2.01. The number of likely N-dealkylation sites (tertiary alicyclic amines) is 1. The molecule has 0 spiro atoms. The Hall–Kier alpha value is -0.930. The fraction of sp³-hybridized carbons (Fsp3) is 0.647. The lowest BCUT2D eigenvalue weighted by Gasteiger charge is -2.37. The summed E-state index contributed by atoms with van der Waals surface area (Å²) in [6, 6.07) is 7.48. The smallest absolute Gasteiger partial charge is 0.127 e. The lowest BCUT2D eigenvalue weighted by Crippen LogP contribution is -2.37. The Labute approximate surface area is 122 Å². The molecular formula is C17H27FN2. The average molecular weight is 278 g/mol. The van der Waals surface area contributed by atoms with Crippen LogP contribution in [-0.2, 0) is 0 Å². The average Bonchev–Trinajstić information content (AvgIpc) is 2.49. The molecular weight excluding hydrogens is 251 g/mol. The van der Waals surface area contributed by atoms with Crippen molar-refractivity contribution in [1.82, 2.24) is 10.2 Å². The van der Waals surface area contributed by atoms with Crippen LogP contribution in [0.3, 0.4) is 0 Å². The van der Waals surface area contributed by atoms with Gasteiger partial charge in [0.2, 0.25) is 0 Å². The Morgan fingerprint density at radius 2 is 2.00 bits per heavy atom. The molecule has 20 heavy (non-hydrogen) atoms. The van der Waals surface area contributed by atoms with E-state index in [2.05, 4.69) is 17.1 Å². The molecule has 0 radical (unpaired) electrons. The van der Waals surface area contributed by atoms with Gasteiger partial charge in [0, 0.05) is 11.6 Å². The van der Waals surface area contributed by atoms with Gasteiger partial charge < -0.3 is 5.32 Å². The summed E-state index contributed by atoms with van der Waals surface area (Å²) in [5.41, 5.74) is 0.865. The summed E-state index contributed by atoms with van der Waals surface area (Å²) in [6.07, 6.45) is 4.72. The molecule has 0 amide bonds. The van der Waals surface area contributed by atoms with E-state index in [0.717, 1.165) is 37.5 Å². The van der Waals surface area contributed by atoms with Gasteiger partial charge in [-0.1, -0.05) is 25.1 Å². The van der Waals surface area contributed by atoms with Gasteiger partial charge in [-0.2, -0.15) is 0 Å². The van der Waals surface area contributed by atoms with Crippen molar-refractivity contribution in [3.63, 3.8) is 0 Å². The summed E-state index contributed by atoms with van der Waals surface area (Å²) in [5, 5.41) is 3.23. The van der Waals surface area contributed by atoms with Gasteiger partial charge in [0.1, 0.15) is 5.82 Å². The molecule has 0 aliphatic carbocycles. The quantitative estimate of drug-likeness (QED) is 0.855. The van der Waals surface area contributed by atoms with E-state index in [1.165, 1.54) is 19.3 Å². The Kier molecular flexibility index (Phi) is 5.99. The van der Waals surface area contributed by atoms with Crippen molar-refractivity contribution in [3.8, 4) is 0 Å². The van der Waals surface area contributed by atoms with E-state index in [9.17, 15) is 4.39 Å². The van der Waals surface area contributed by atoms with Crippen molar-refractivity contribution in [3.05, 3.63) is 35.6 Å². The molecule has 0 bridgehead atoms. The number of benzene rings is 1. The molecule has 1 unspecified atom stereocenters. The monoisotopic (exact) mass is 278 g/mol. The Balaban J connectivity index is 1.95. The third-order valence-corrected chi connectivity index (χ3v) is 4.54. The second kappa shape index (κ2) is 7.75. The van der Waals surface area contributed by atoms with Crippen molar-refractivity contribution >= 4 is 0 Å². The predicted octanol–water partition coefficient (Wildman–Crippen LogP) is 3.60. The molecule has 2 rings (SSSR count). The minimum atomic E-state index is -0.0587. The summed E-state index contributed by atoms with van der Waals surface area (Å²) >= 11 is 0. The van der Waals surface area contributed by atoms with Crippen molar-refractivity contribution < 1.29 is 4.39 Å². The van der Waals surface area contributed by atoms with Crippen LogP contribution < -0.4 is 5.32 Å². The van der Waals surface area contributed by atoms with E-state index in [0.29, 0.717) is 0 Å². The highest BCUT2D eigenvalue weighted by atomic mass is 19.1. The Morgan fingerprint density at radius 1 is 1.30 bits per heavy atom. The van der Waals surface area contributed by atoms with Crippen molar-refractivity contribution in [2.75, 3.05) is 26.7 Å². The predicted molar refractivity (Wildman–Crippen MR) is 82.3 cm³/mol. The van der Waals surface area contributed by atoms with E-state index in [4.69, 9.17) is 0 Å². The van der Waals surface area contributed by atoms with Crippen LogP contribution in [0.5, 0.6) is 0 Å². The zero-order valence-corrected chi connectivity index (χ0v) is 12.7. The van der Waals surface area contributed by atoms with E-state index < -0.39 is 0 Å². The van der Waals surface area contributed by atoms with Gasteiger partial charge in [-0.05, 0) is 64.3 Å². The maximum Gasteiger partial charge on any atom is 0.127 e. The van der Waals surface area contributed by atoms with Gasteiger partial charge in [-0.15, -0.1) is 0 Å². The Bertz CT molecular complexity index is 400. The van der Waals surface area contributed by atoms with E-state index in [-0.39, 0.29) is 11.9 Å². The number of rotatable bonds is 6. The number of nitrogens with zero attached hydrogens (tertiary/aromatic N) is 1. The van der Waals surface area contributed by atoms with Crippen molar-refractivity contribution in [2.45, 2.75) is 38.6 Å². The molecule has 1 aliphatic heterocycles. The van der Waals surface area contributed by atoms with Gasteiger partial charge in [-0.25, -0.2) is 4.39 Å². The number of piperidine rings is 1. The molecule has 1 saturated heterocycles. The zero-order chi connectivity index (χ0) is 14.4. The molecule has 1 aliphatic rings. The lowest BCUT2D eigenvalue weighted by molar-refractivity contribution is 0.123. The molecule has 1 aromatic rings. The molecule has 3 heteroatoms. The standard InChI is InChI=1S/C17H27FN2/c1-3-17(15-6-4-5-7-16(15)18)20-12-9-14(10-13-20)8-11-19-2/h4-7,14,17,19H,3,8-13H2,1-2H3. The lowest BCUT2D eigenvalue weighted by atomic mass is 9.91. The SMILES string of the molecule is CCC(c1ccccc1F)N1CCC(CCNC)CC1. The molecule has 1 heterocycles. The molecule has 1 aromatic carbocycles. The minimum Gasteiger partial charge on any atom is -0.320 e. The van der Waals surface area contributed by atoms with Crippen LogP contribution in [0.25, 0.3) is 0 Å². The van der Waals surface area contributed by atoms with Crippen LogP contribution in [0.15, 0.2) is 24.3 Å². The summed E-state index contributed by atoms with van der Waals surface area (Å²) in [5.74, 6) is 0.772. The number of hydrogen-bond acceptors (Lipinski definition) is 2. The first-order valence-electron chi connectivity index (χ1n) is 7.89. The fourth-order valence-electron chi connectivity index (χ4n) is 3.32. The van der Waals surface area contributed by atoms with Gasteiger partial charge in [0.15, 0.2) is 0 Å². The van der Waals surface area contributed by atoms with Crippen LogP contribution in [0.2, 0.25) is 0 Å². The summed E-state index contributed by atoms with van der Waals surface area (Å²) in [4.78, 5) is 2.47. The third-order valence-electron chi connectivity index (χ3n) is 4.54. The number of halogens is 1. The minimum absolute atomic E-state index is 0.0587. The van der Waals surface area contributed by atoms with Crippen molar-refractivity contribution in [1.29, 1.82) is 0 Å². The van der Waals surface area contributed by atoms with Crippen LogP contribution in [-0.4, -0.2) is 31.6 Å². The highest BCUT2D eigenvalue weighted by molar-refractivity contribution is 5.21. The molecule has 112 valence electrons. The van der Waals surface area contributed by atoms with Crippen LogP contribution in [0, 0.1) is 11.7 Å². The largest absolute Gasteiger partial charge is 0.320 e. The molecule has 1 N–H and O–H groups in total. The van der Waals surface area contributed by atoms with Crippen LogP contribution in [0.4, 0.5) is 4.39 Å². The first-order chi connectivity index (χ1) is 9.76. The van der Waals surface area contributed by atoms with Crippen LogP contribution >= 0.6 is 0 Å². The van der Waals surface area contributed by atoms with Gasteiger partial charge in [-0.3, -0.25) is 4.90 Å². The van der Waals surface area contributed by atoms with E-state index in [1.54, 1.807) is 12.1 Å².